The molecule has 1 aromatic carbocycles. The smallest absolute Gasteiger partial charge is 0.315 e. The number of aryl methyl sites for hydroxylation is 1. The summed E-state index contributed by atoms with van der Waals surface area (Å²) in [4.78, 5) is 35.3. The summed E-state index contributed by atoms with van der Waals surface area (Å²) in [7, 11) is 0. The zero-order chi connectivity index (χ0) is 20.4. The number of carboxylic acid groups (broad SMARTS) is 1. The normalized spacial score (nSPS) is 15.5. The van der Waals surface area contributed by atoms with Gasteiger partial charge in [0.05, 0.1) is 12.5 Å². The van der Waals surface area contributed by atoms with E-state index in [1.54, 1.807) is 0 Å². The van der Waals surface area contributed by atoms with Gasteiger partial charge in [-0.1, -0.05) is 43.5 Å². The lowest BCUT2D eigenvalue weighted by molar-refractivity contribution is -0.137. The molecule has 1 saturated carbocycles. The molecule has 0 spiro atoms. The van der Waals surface area contributed by atoms with E-state index < -0.39 is 12.0 Å². The van der Waals surface area contributed by atoms with Crippen LogP contribution in [0.5, 0.6) is 0 Å². The molecule has 4 N–H and O–H groups in total. The summed E-state index contributed by atoms with van der Waals surface area (Å²) in [5.41, 5.74) is 1.75. The van der Waals surface area contributed by atoms with Crippen molar-refractivity contribution in [2.45, 2.75) is 70.4 Å². The first kappa shape index (κ1) is 21.7. The summed E-state index contributed by atoms with van der Waals surface area (Å²) in [6.07, 6.45) is 6.16. The summed E-state index contributed by atoms with van der Waals surface area (Å²) in [5, 5.41) is 17.7. The maximum atomic E-state index is 12.2. The predicted octanol–water partition coefficient (Wildman–Crippen LogP) is 3.04. The molecule has 154 valence electrons. The van der Waals surface area contributed by atoms with Crippen LogP contribution in [0.3, 0.4) is 0 Å². The van der Waals surface area contributed by atoms with E-state index in [0.29, 0.717) is 13.0 Å². The van der Waals surface area contributed by atoms with Gasteiger partial charge in [-0.25, -0.2) is 4.79 Å². The quantitative estimate of drug-likeness (QED) is 0.487. The molecular formula is C21H31N3O4. The highest BCUT2D eigenvalue weighted by molar-refractivity contribution is 5.78. The standard InChI is InChI=1S/C21H31N3O4/c1-15-8-5-6-11-17(15)18(14-20(26)27)24-19(25)12-7-13-22-21(28)23-16-9-3-2-4-10-16/h5-6,8,11,16,18H,2-4,7,9-10,12-14H2,1H3,(H,24,25)(H,26,27)(H2,22,23,28). The lowest BCUT2D eigenvalue weighted by atomic mass is 9.96. The molecule has 1 unspecified atom stereocenters. The number of carbonyl (C=O) groups excluding carboxylic acids is 2. The number of nitrogens with one attached hydrogen (secondary N) is 3. The molecule has 28 heavy (non-hydrogen) atoms. The van der Waals surface area contributed by atoms with Crippen molar-refractivity contribution in [1.29, 1.82) is 0 Å². The zero-order valence-electron chi connectivity index (χ0n) is 16.5. The van der Waals surface area contributed by atoms with Crippen LogP contribution < -0.4 is 16.0 Å². The maximum Gasteiger partial charge on any atom is 0.315 e. The number of amides is 3. The molecule has 7 heteroatoms. The second-order valence-corrected chi connectivity index (χ2v) is 7.41. The molecule has 2 rings (SSSR count). The Morgan fingerprint density at radius 1 is 1.14 bits per heavy atom. The molecule has 0 radical (unpaired) electrons. The van der Waals surface area contributed by atoms with Gasteiger partial charge in [0, 0.05) is 19.0 Å². The summed E-state index contributed by atoms with van der Waals surface area (Å²) in [6, 6.07) is 6.94. The van der Waals surface area contributed by atoms with Crippen LogP contribution in [0, 0.1) is 6.92 Å². The average Bonchev–Trinajstić information content (AvgIpc) is 2.65. The van der Waals surface area contributed by atoms with Crippen molar-refractivity contribution < 1.29 is 19.5 Å². The van der Waals surface area contributed by atoms with Gasteiger partial charge >= 0.3 is 12.0 Å². The Kier molecular flexibility index (Phi) is 8.78. The average molecular weight is 389 g/mol. The number of rotatable bonds is 9. The number of carbonyl (C=O) groups is 3. The summed E-state index contributed by atoms with van der Waals surface area (Å²) in [6.45, 7) is 2.30. The molecule has 7 nitrogen and oxygen atoms in total. The van der Waals surface area contributed by atoms with Crippen LogP contribution in [0.25, 0.3) is 0 Å². The van der Waals surface area contributed by atoms with Crippen LogP contribution >= 0.6 is 0 Å². The highest BCUT2D eigenvalue weighted by Crippen LogP contribution is 2.21. The van der Waals surface area contributed by atoms with Gasteiger partial charge in [0.1, 0.15) is 0 Å². The fourth-order valence-corrected chi connectivity index (χ4v) is 3.59. The van der Waals surface area contributed by atoms with Gasteiger partial charge in [-0.2, -0.15) is 0 Å². The number of benzene rings is 1. The van der Waals surface area contributed by atoms with Crippen LogP contribution in [0.15, 0.2) is 24.3 Å². The molecule has 0 saturated heterocycles. The second kappa shape index (κ2) is 11.3. The Morgan fingerprint density at radius 2 is 1.86 bits per heavy atom. The predicted molar refractivity (Wildman–Crippen MR) is 107 cm³/mol. The van der Waals surface area contributed by atoms with Crippen LogP contribution in [-0.2, 0) is 9.59 Å². The molecule has 1 aromatic rings. The van der Waals surface area contributed by atoms with Crippen molar-refractivity contribution in [3.05, 3.63) is 35.4 Å². The zero-order valence-corrected chi connectivity index (χ0v) is 16.5. The molecule has 0 aliphatic heterocycles. The Bertz CT molecular complexity index is 671. The van der Waals surface area contributed by atoms with Crippen molar-refractivity contribution in [2.24, 2.45) is 0 Å². The van der Waals surface area contributed by atoms with E-state index in [9.17, 15) is 14.4 Å². The Morgan fingerprint density at radius 3 is 2.54 bits per heavy atom. The minimum atomic E-state index is -0.963. The molecule has 0 aromatic heterocycles. The second-order valence-electron chi connectivity index (χ2n) is 7.41. The van der Waals surface area contributed by atoms with Crippen molar-refractivity contribution in [2.75, 3.05) is 6.54 Å². The van der Waals surface area contributed by atoms with Crippen LogP contribution in [-0.4, -0.2) is 35.6 Å². The molecule has 3 amide bonds. The Labute approximate surface area is 166 Å². The Hall–Kier alpha value is -2.57. The third-order valence-corrected chi connectivity index (χ3v) is 5.08. The maximum absolute atomic E-state index is 12.2. The third-order valence-electron chi connectivity index (χ3n) is 5.08. The molecule has 1 fully saturated rings. The number of carboxylic acids is 1. The summed E-state index contributed by atoms with van der Waals surface area (Å²) < 4.78 is 0. The molecular weight excluding hydrogens is 358 g/mol. The Balaban J connectivity index is 1.72. The molecule has 1 atom stereocenters. The monoisotopic (exact) mass is 389 g/mol. The summed E-state index contributed by atoms with van der Waals surface area (Å²) in [5.74, 6) is -1.18. The number of hydrogen-bond donors (Lipinski definition) is 4. The van der Waals surface area contributed by atoms with Crippen molar-refractivity contribution in [3.63, 3.8) is 0 Å². The van der Waals surface area contributed by atoms with Gasteiger partial charge in [-0.05, 0) is 37.3 Å². The first-order valence-corrected chi connectivity index (χ1v) is 10.1. The topological polar surface area (TPSA) is 108 Å². The van der Waals surface area contributed by atoms with E-state index >= 15 is 0 Å². The first-order valence-electron chi connectivity index (χ1n) is 10.1. The molecule has 1 aliphatic rings. The highest BCUT2D eigenvalue weighted by Gasteiger charge is 2.19. The van der Waals surface area contributed by atoms with E-state index in [-0.39, 0.29) is 30.8 Å². The third kappa shape index (κ3) is 7.58. The van der Waals surface area contributed by atoms with Gasteiger partial charge in [0.25, 0.3) is 0 Å². The van der Waals surface area contributed by atoms with Crippen LogP contribution in [0.4, 0.5) is 4.79 Å². The van der Waals surface area contributed by atoms with Gasteiger partial charge in [-0.3, -0.25) is 9.59 Å². The van der Waals surface area contributed by atoms with Gasteiger partial charge in [-0.15, -0.1) is 0 Å². The number of aliphatic carboxylic acids is 1. The van der Waals surface area contributed by atoms with E-state index in [4.69, 9.17) is 5.11 Å². The lowest BCUT2D eigenvalue weighted by Crippen LogP contribution is -2.43. The number of urea groups is 1. The van der Waals surface area contributed by atoms with E-state index in [2.05, 4.69) is 16.0 Å². The molecule has 0 bridgehead atoms. The minimum Gasteiger partial charge on any atom is -0.481 e. The highest BCUT2D eigenvalue weighted by atomic mass is 16.4. The largest absolute Gasteiger partial charge is 0.481 e. The fourth-order valence-electron chi connectivity index (χ4n) is 3.59. The van der Waals surface area contributed by atoms with E-state index in [0.717, 1.165) is 36.8 Å². The minimum absolute atomic E-state index is 0.168. The van der Waals surface area contributed by atoms with Crippen molar-refractivity contribution in [1.82, 2.24) is 16.0 Å². The van der Waals surface area contributed by atoms with E-state index in [1.165, 1.54) is 6.42 Å². The lowest BCUT2D eigenvalue weighted by Gasteiger charge is -2.23. The first-order chi connectivity index (χ1) is 13.5. The van der Waals surface area contributed by atoms with Gasteiger partial charge in [0.15, 0.2) is 0 Å². The SMILES string of the molecule is Cc1ccccc1C(CC(=O)O)NC(=O)CCCNC(=O)NC1CCCCC1. The van der Waals surface area contributed by atoms with Crippen LogP contribution in [0.2, 0.25) is 0 Å². The van der Waals surface area contributed by atoms with Crippen molar-refractivity contribution in [3.8, 4) is 0 Å². The molecule has 0 heterocycles. The molecule has 1 aliphatic carbocycles. The summed E-state index contributed by atoms with van der Waals surface area (Å²) >= 11 is 0. The fraction of sp³-hybridized carbons (Fsp3) is 0.571. The number of hydrogen-bond acceptors (Lipinski definition) is 3. The van der Waals surface area contributed by atoms with Crippen LogP contribution in [0.1, 0.15) is 68.5 Å². The van der Waals surface area contributed by atoms with Crippen molar-refractivity contribution >= 4 is 17.9 Å². The van der Waals surface area contributed by atoms with Gasteiger partial charge < -0.3 is 21.1 Å². The van der Waals surface area contributed by atoms with E-state index in [1.807, 2.05) is 31.2 Å². The van der Waals surface area contributed by atoms with Gasteiger partial charge in [0.2, 0.25) is 5.91 Å².